The van der Waals surface area contributed by atoms with Gasteiger partial charge in [-0.05, 0) is 43.3 Å². The van der Waals surface area contributed by atoms with E-state index in [1.165, 1.54) is 0 Å². The van der Waals surface area contributed by atoms with Gasteiger partial charge in [-0.2, -0.15) is 0 Å². The Labute approximate surface area is 108 Å². The summed E-state index contributed by atoms with van der Waals surface area (Å²) in [6.07, 6.45) is 1.64. The number of amides is 1. The van der Waals surface area contributed by atoms with E-state index in [1.54, 1.807) is 18.3 Å². The Hall–Kier alpha value is -1.68. The van der Waals surface area contributed by atoms with Gasteiger partial charge in [-0.3, -0.25) is 9.78 Å². The molecule has 1 amide bonds. The number of aromatic nitrogens is 1. The van der Waals surface area contributed by atoms with Gasteiger partial charge in [0.25, 0.3) is 5.91 Å². The highest BCUT2D eigenvalue weighted by Gasteiger charge is 2.05. The van der Waals surface area contributed by atoms with Gasteiger partial charge < -0.3 is 5.32 Å². The van der Waals surface area contributed by atoms with Crippen molar-refractivity contribution >= 4 is 27.5 Å². The molecule has 0 radical (unpaired) electrons. The molecule has 17 heavy (non-hydrogen) atoms. The molecular weight excluding hydrogens is 280 g/mol. The van der Waals surface area contributed by atoms with E-state index in [2.05, 4.69) is 26.2 Å². The maximum Gasteiger partial charge on any atom is 0.255 e. The zero-order chi connectivity index (χ0) is 12.3. The fraction of sp³-hybridized carbons (Fsp3) is 0.0769. The van der Waals surface area contributed by atoms with Crippen LogP contribution in [-0.4, -0.2) is 10.9 Å². The van der Waals surface area contributed by atoms with Crippen LogP contribution < -0.4 is 5.32 Å². The predicted octanol–water partition coefficient (Wildman–Crippen LogP) is 3.40. The Morgan fingerprint density at radius 2 is 1.88 bits per heavy atom. The van der Waals surface area contributed by atoms with E-state index >= 15 is 0 Å². The molecule has 1 aromatic carbocycles. The quantitative estimate of drug-likeness (QED) is 0.921. The van der Waals surface area contributed by atoms with Gasteiger partial charge >= 0.3 is 0 Å². The van der Waals surface area contributed by atoms with Gasteiger partial charge in [-0.25, -0.2) is 0 Å². The van der Waals surface area contributed by atoms with Crippen LogP contribution in [0.5, 0.6) is 0 Å². The highest BCUT2D eigenvalue weighted by Crippen LogP contribution is 2.12. The first kappa shape index (κ1) is 11.8. The third-order valence-electron chi connectivity index (χ3n) is 2.28. The molecule has 0 aliphatic carbocycles. The summed E-state index contributed by atoms with van der Waals surface area (Å²) < 4.78 is 0.950. The van der Waals surface area contributed by atoms with Crippen LogP contribution >= 0.6 is 15.9 Å². The highest BCUT2D eigenvalue weighted by atomic mass is 79.9. The first-order valence-electron chi connectivity index (χ1n) is 5.15. The maximum atomic E-state index is 11.9. The monoisotopic (exact) mass is 290 g/mol. The van der Waals surface area contributed by atoms with E-state index in [0.29, 0.717) is 11.3 Å². The molecule has 1 N–H and O–H groups in total. The summed E-state index contributed by atoms with van der Waals surface area (Å²) in [6.45, 7) is 1.90. The summed E-state index contributed by atoms with van der Waals surface area (Å²) in [4.78, 5) is 16.0. The first-order valence-corrected chi connectivity index (χ1v) is 5.94. The molecule has 0 spiro atoms. The molecular formula is C13H11BrN2O. The molecule has 2 aromatic rings. The average molecular weight is 291 g/mol. The second-order valence-electron chi connectivity index (χ2n) is 3.65. The van der Waals surface area contributed by atoms with E-state index in [1.807, 2.05) is 31.2 Å². The first-order chi connectivity index (χ1) is 8.15. The largest absolute Gasteiger partial charge is 0.321 e. The fourth-order valence-corrected chi connectivity index (χ4v) is 1.61. The van der Waals surface area contributed by atoms with Crippen molar-refractivity contribution in [2.45, 2.75) is 6.92 Å². The van der Waals surface area contributed by atoms with E-state index < -0.39 is 0 Å². The summed E-state index contributed by atoms with van der Waals surface area (Å²) in [7, 11) is 0. The molecule has 0 aliphatic rings. The van der Waals surface area contributed by atoms with Gasteiger partial charge in [0.1, 0.15) is 0 Å². The summed E-state index contributed by atoms with van der Waals surface area (Å²) in [5.41, 5.74) is 2.24. The molecule has 1 aromatic heterocycles. The molecule has 0 atom stereocenters. The van der Waals surface area contributed by atoms with Crippen LogP contribution in [0.15, 0.2) is 47.1 Å². The topological polar surface area (TPSA) is 42.0 Å². The maximum absolute atomic E-state index is 11.9. The van der Waals surface area contributed by atoms with Gasteiger partial charge in [-0.15, -0.1) is 0 Å². The lowest BCUT2D eigenvalue weighted by molar-refractivity contribution is 0.102. The van der Waals surface area contributed by atoms with Gasteiger partial charge in [0.05, 0.1) is 11.9 Å². The van der Waals surface area contributed by atoms with Gasteiger partial charge in [0.15, 0.2) is 0 Å². The number of benzene rings is 1. The van der Waals surface area contributed by atoms with Crippen LogP contribution in [0, 0.1) is 6.92 Å². The molecule has 4 heteroatoms. The SMILES string of the molecule is Cc1ccc(NC(=O)c2ccc(Br)cc2)cn1. The minimum atomic E-state index is -0.136. The predicted molar refractivity (Wildman–Crippen MR) is 71.1 cm³/mol. The number of carbonyl (C=O) groups excluding carboxylic acids is 1. The highest BCUT2D eigenvalue weighted by molar-refractivity contribution is 9.10. The van der Waals surface area contributed by atoms with Gasteiger partial charge in [-0.1, -0.05) is 15.9 Å². The van der Waals surface area contributed by atoms with Crippen LogP contribution in [0.4, 0.5) is 5.69 Å². The summed E-state index contributed by atoms with van der Waals surface area (Å²) in [6, 6.07) is 10.9. The standard InChI is InChI=1S/C13H11BrN2O/c1-9-2-7-12(8-15-9)16-13(17)10-3-5-11(14)6-4-10/h2-8H,1H3,(H,16,17). The molecule has 2 rings (SSSR count). The Morgan fingerprint density at radius 1 is 1.18 bits per heavy atom. The van der Waals surface area contributed by atoms with E-state index in [4.69, 9.17) is 0 Å². The zero-order valence-electron chi connectivity index (χ0n) is 9.27. The third-order valence-corrected chi connectivity index (χ3v) is 2.80. The minimum absolute atomic E-state index is 0.136. The van der Waals surface area contributed by atoms with Gasteiger partial charge in [0, 0.05) is 15.7 Å². The molecule has 86 valence electrons. The lowest BCUT2D eigenvalue weighted by atomic mass is 10.2. The Balaban J connectivity index is 2.11. The van der Waals surface area contributed by atoms with Crippen molar-refractivity contribution in [3.05, 3.63) is 58.3 Å². The van der Waals surface area contributed by atoms with Crippen LogP contribution in [-0.2, 0) is 0 Å². The molecule has 1 heterocycles. The smallest absolute Gasteiger partial charge is 0.255 e. The molecule has 0 aliphatic heterocycles. The Morgan fingerprint density at radius 3 is 2.47 bits per heavy atom. The fourth-order valence-electron chi connectivity index (χ4n) is 1.35. The number of rotatable bonds is 2. The van der Waals surface area contributed by atoms with Crippen LogP contribution in [0.1, 0.15) is 16.1 Å². The molecule has 0 saturated heterocycles. The molecule has 0 saturated carbocycles. The molecule has 0 fully saturated rings. The molecule has 3 nitrogen and oxygen atoms in total. The van der Waals surface area contributed by atoms with Crippen molar-refractivity contribution in [1.82, 2.24) is 4.98 Å². The summed E-state index contributed by atoms with van der Waals surface area (Å²) in [5, 5.41) is 2.79. The number of anilines is 1. The lowest BCUT2D eigenvalue weighted by Gasteiger charge is -2.05. The Bertz CT molecular complexity index is 520. The lowest BCUT2D eigenvalue weighted by Crippen LogP contribution is -2.11. The van der Waals surface area contributed by atoms with E-state index in [0.717, 1.165) is 10.2 Å². The van der Waals surface area contributed by atoms with E-state index in [9.17, 15) is 4.79 Å². The van der Waals surface area contributed by atoms with Crippen molar-refractivity contribution in [2.24, 2.45) is 0 Å². The van der Waals surface area contributed by atoms with Crippen molar-refractivity contribution in [3.63, 3.8) is 0 Å². The van der Waals surface area contributed by atoms with Crippen molar-refractivity contribution in [3.8, 4) is 0 Å². The zero-order valence-corrected chi connectivity index (χ0v) is 10.9. The summed E-state index contributed by atoms with van der Waals surface area (Å²) in [5.74, 6) is -0.136. The number of pyridine rings is 1. The van der Waals surface area contributed by atoms with Crippen LogP contribution in [0.3, 0.4) is 0 Å². The number of nitrogens with one attached hydrogen (secondary N) is 1. The number of carbonyl (C=O) groups is 1. The summed E-state index contributed by atoms with van der Waals surface area (Å²) >= 11 is 3.33. The molecule has 0 bridgehead atoms. The van der Waals surface area contributed by atoms with E-state index in [-0.39, 0.29) is 5.91 Å². The number of aryl methyl sites for hydroxylation is 1. The van der Waals surface area contributed by atoms with Crippen LogP contribution in [0.2, 0.25) is 0 Å². The Kier molecular flexibility index (Phi) is 3.54. The van der Waals surface area contributed by atoms with Crippen LogP contribution in [0.25, 0.3) is 0 Å². The number of halogens is 1. The van der Waals surface area contributed by atoms with Crippen molar-refractivity contribution in [2.75, 3.05) is 5.32 Å². The second kappa shape index (κ2) is 5.10. The average Bonchev–Trinajstić information content (AvgIpc) is 2.33. The normalized spacial score (nSPS) is 10.0. The third kappa shape index (κ3) is 3.14. The van der Waals surface area contributed by atoms with Gasteiger partial charge in [0.2, 0.25) is 0 Å². The molecule has 0 unspecified atom stereocenters. The minimum Gasteiger partial charge on any atom is -0.321 e. The van der Waals surface area contributed by atoms with Crippen molar-refractivity contribution < 1.29 is 4.79 Å². The number of nitrogens with zero attached hydrogens (tertiary/aromatic N) is 1. The van der Waals surface area contributed by atoms with Crippen molar-refractivity contribution in [1.29, 1.82) is 0 Å². The number of hydrogen-bond donors (Lipinski definition) is 1. The second-order valence-corrected chi connectivity index (χ2v) is 4.56. The number of hydrogen-bond acceptors (Lipinski definition) is 2.